The summed E-state index contributed by atoms with van der Waals surface area (Å²) >= 11 is 0. The summed E-state index contributed by atoms with van der Waals surface area (Å²) in [5.74, 6) is -0.785. The number of carboxylic acid groups (broad SMARTS) is 1. The zero-order valence-electron chi connectivity index (χ0n) is 14.7. The summed E-state index contributed by atoms with van der Waals surface area (Å²) in [6.07, 6.45) is 4.42. The monoisotopic (exact) mass is 341 g/mol. The number of furan rings is 1. The van der Waals surface area contributed by atoms with Gasteiger partial charge >= 0.3 is 5.97 Å². The molecule has 0 radical (unpaired) electrons. The van der Waals surface area contributed by atoms with Crippen molar-refractivity contribution in [3.05, 3.63) is 35.1 Å². The molecule has 1 aliphatic carbocycles. The van der Waals surface area contributed by atoms with E-state index < -0.39 is 5.97 Å². The highest BCUT2D eigenvalue weighted by Gasteiger charge is 2.59. The van der Waals surface area contributed by atoms with E-state index in [0.717, 1.165) is 41.4 Å². The number of piperidine rings is 1. The first-order valence-corrected chi connectivity index (χ1v) is 8.88. The summed E-state index contributed by atoms with van der Waals surface area (Å²) in [6, 6.07) is 4.08. The molecule has 132 valence electrons. The second-order valence-corrected chi connectivity index (χ2v) is 7.66. The van der Waals surface area contributed by atoms with Crippen molar-refractivity contribution in [3.8, 4) is 0 Å². The highest BCUT2D eigenvalue weighted by Crippen LogP contribution is 2.59. The average molecular weight is 341 g/mol. The van der Waals surface area contributed by atoms with Crippen LogP contribution in [0.25, 0.3) is 11.0 Å². The van der Waals surface area contributed by atoms with Crippen molar-refractivity contribution >= 4 is 22.8 Å². The van der Waals surface area contributed by atoms with Gasteiger partial charge in [-0.25, -0.2) is 0 Å². The predicted molar refractivity (Wildman–Crippen MR) is 93.4 cm³/mol. The Morgan fingerprint density at radius 3 is 2.64 bits per heavy atom. The molecule has 1 N–H and O–H groups in total. The lowest BCUT2D eigenvalue weighted by Gasteiger charge is -2.32. The summed E-state index contributed by atoms with van der Waals surface area (Å²) in [5.41, 5.74) is 4.04. The predicted octanol–water partition coefficient (Wildman–Crippen LogP) is 3.31. The van der Waals surface area contributed by atoms with Crippen LogP contribution in [-0.2, 0) is 16.0 Å². The van der Waals surface area contributed by atoms with Gasteiger partial charge in [-0.15, -0.1) is 0 Å². The molecular weight excluding hydrogens is 318 g/mol. The topological polar surface area (TPSA) is 70.8 Å². The van der Waals surface area contributed by atoms with E-state index in [1.165, 1.54) is 5.56 Å². The fourth-order valence-corrected chi connectivity index (χ4v) is 4.25. The molecule has 1 aromatic heterocycles. The Balaban J connectivity index is 1.44. The van der Waals surface area contributed by atoms with E-state index in [2.05, 4.69) is 6.07 Å². The van der Waals surface area contributed by atoms with E-state index in [1.807, 2.05) is 24.8 Å². The number of aliphatic carboxylic acids is 1. The van der Waals surface area contributed by atoms with Crippen LogP contribution in [0.2, 0.25) is 0 Å². The molecule has 2 heterocycles. The quantitative estimate of drug-likeness (QED) is 0.930. The number of fused-ring (bicyclic) bond motifs is 1. The lowest BCUT2D eigenvalue weighted by atomic mass is 9.90. The van der Waals surface area contributed by atoms with Crippen LogP contribution in [0.15, 0.2) is 22.8 Å². The van der Waals surface area contributed by atoms with Gasteiger partial charge in [0.05, 0.1) is 18.6 Å². The van der Waals surface area contributed by atoms with Crippen molar-refractivity contribution < 1.29 is 19.1 Å². The number of hydrogen-bond acceptors (Lipinski definition) is 3. The second kappa shape index (κ2) is 5.61. The smallest absolute Gasteiger partial charge is 0.307 e. The number of amides is 1. The number of carbonyl (C=O) groups excluding carboxylic acids is 1. The van der Waals surface area contributed by atoms with Gasteiger partial charge < -0.3 is 14.4 Å². The molecule has 1 unspecified atom stereocenters. The van der Waals surface area contributed by atoms with E-state index in [0.29, 0.717) is 19.5 Å². The molecule has 5 nitrogen and oxygen atoms in total. The number of rotatable bonds is 3. The minimum absolute atomic E-state index is 0.0421. The SMILES string of the molecule is Cc1ccc2c(CC(=O)N3CCC4(CC3)CC4C(=O)O)coc2c1C. The summed E-state index contributed by atoms with van der Waals surface area (Å²) in [6.45, 7) is 5.41. The molecule has 1 atom stereocenters. The molecular formula is C20H23NO4. The van der Waals surface area contributed by atoms with E-state index in [-0.39, 0.29) is 17.2 Å². The Hall–Kier alpha value is -2.30. The maximum absolute atomic E-state index is 12.7. The molecule has 25 heavy (non-hydrogen) atoms. The van der Waals surface area contributed by atoms with Crippen LogP contribution in [0.5, 0.6) is 0 Å². The fourth-order valence-electron chi connectivity index (χ4n) is 4.25. The number of carbonyl (C=O) groups is 2. The highest BCUT2D eigenvalue weighted by atomic mass is 16.4. The number of nitrogens with zero attached hydrogens (tertiary/aromatic N) is 1. The number of hydrogen-bond donors (Lipinski definition) is 1. The summed E-state index contributed by atoms with van der Waals surface area (Å²) in [4.78, 5) is 25.7. The number of carboxylic acids is 1. The Morgan fingerprint density at radius 2 is 2.00 bits per heavy atom. The van der Waals surface area contributed by atoms with E-state index >= 15 is 0 Å². The molecule has 2 fully saturated rings. The maximum Gasteiger partial charge on any atom is 0.307 e. The largest absolute Gasteiger partial charge is 0.481 e. The van der Waals surface area contributed by atoms with E-state index in [9.17, 15) is 9.59 Å². The molecule has 1 spiro atoms. The van der Waals surface area contributed by atoms with Gasteiger partial charge in [0.2, 0.25) is 5.91 Å². The zero-order chi connectivity index (χ0) is 17.8. The second-order valence-electron chi connectivity index (χ2n) is 7.66. The molecule has 0 bridgehead atoms. The first-order valence-electron chi connectivity index (χ1n) is 8.88. The minimum Gasteiger partial charge on any atom is -0.481 e. The van der Waals surface area contributed by atoms with Crippen LogP contribution in [0.3, 0.4) is 0 Å². The lowest BCUT2D eigenvalue weighted by molar-refractivity contribution is -0.139. The standard InChI is InChI=1S/C20H23NO4/c1-12-3-4-15-14(11-25-18(15)13(12)2)9-17(22)21-7-5-20(6-8-21)10-16(20)19(23)24/h3-4,11,16H,5-10H2,1-2H3,(H,23,24). The van der Waals surface area contributed by atoms with Gasteiger partial charge in [-0.05, 0) is 49.7 Å². The molecule has 5 heteroatoms. The van der Waals surface area contributed by atoms with Gasteiger partial charge in [-0.1, -0.05) is 12.1 Å². The van der Waals surface area contributed by atoms with Crippen molar-refractivity contribution in [2.45, 2.75) is 39.5 Å². The van der Waals surface area contributed by atoms with Crippen molar-refractivity contribution in [3.63, 3.8) is 0 Å². The van der Waals surface area contributed by atoms with Crippen molar-refractivity contribution in [1.29, 1.82) is 0 Å². The molecule has 2 aliphatic rings. The first-order chi connectivity index (χ1) is 11.9. The van der Waals surface area contributed by atoms with Gasteiger partial charge in [-0.2, -0.15) is 0 Å². The molecule has 2 aromatic rings. The number of aryl methyl sites for hydroxylation is 2. The fraction of sp³-hybridized carbons (Fsp3) is 0.500. The highest BCUT2D eigenvalue weighted by molar-refractivity contribution is 5.89. The normalized spacial score (nSPS) is 21.7. The summed E-state index contributed by atoms with van der Waals surface area (Å²) in [5, 5.41) is 10.2. The zero-order valence-corrected chi connectivity index (χ0v) is 14.7. The van der Waals surface area contributed by atoms with Gasteiger partial charge in [0.25, 0.3) is 0 Å². The molecule has 1 amide bonds. The molecule has 1 aromatic carbocycles. The van der Waals surface area contributed by atoms with E-state index in [4.69, 9.17) is 9.52 Å². The number of benzene rings is 1. The third-order valence-electron chi connectivity index (χ3n) is 6.28. The Bertz CT molecular complexity index is 858. The third kappa shape index (κ3) is 2.62. The Labute approximate surface area is 146 Å². The molecule has 1 saturated heterocycles. The maximum atomic E-state index is 12.7. The van der Waals surface area contributed by atoms with Crippen LogP contribution >= 0.6 is 0 Å². The summed E-state index contributed by atoms with van der Waals surface area (Å²) < 4.78 is 5.70. The first kappa shape index (κ1) is 16.2. The van der Waals surface area contributed by atoms with Crippen LogP contribution in [0.1, 0.15) is 36.0 Å². The van der Waals surface area contributed by atoms with Crippen LogP contribution < -0.4 is 0 Å². The van der Waals surface area contributed by atoms with Crippen molar-refractivity contribution in [2.24, 2.45) is 11.3 Å². The number of likely N-dealkylation sites (tertiary alicyclic amines) is 1. The molecule has 4 rings (SSSR count). The van der Waals surface area contributed by atoms with Gasteiger partial charge in [0.1, 0.15) is 5.58 Å². The summed E-state index contributed by atoms with van der Waals surface area (Å²) in [7, 11) is 0. The lowest BCUT2D eigenvalue weighted by Crippen LogP contribution is -2.40. The Morgan fingerprint density at radius 1 is 1.28 bits per heavy atom. The van der Waals surface area contributed by atoms with Gasteiger partial charge in [0, 0.05) is 24.0 Å². The van der Waals surface area contributed by atoms with Crippen molar-refractivity contribution in [1.82, 2.24) is 4.90 Å². The third-order valence-corrected chi connectivity index (χ3v) is 6.28. The van der Waals surface area contributed by atoms with Crippen LogP contribution in [0.4, 0.5) is 0 Å². The van der Waals surface area contributed by atoms with Gasteiger partial charge in [-0.3, -0.25) is 9.59 Å². The average Bonchev–Trinajstić information content (AvgIpc) is 3.14. The van der Waals surface area contributed by atoms with Gasteiger partial charge in [0.15, 0.2) is 0 Å². The minimum atomic E-state index is -0.685. The molecule has 1 saturated carbocycles. The van der Waals surface area contributed by atoms with Crippen molar-refractivity contribution in [2.75, 3.05) is 13.1 Å². The molecule has 1 aliphatic heterocycles. The van der Waals surface area contributed by atoms with E-state index in [1.54, 1.807) is 6.26 Å². The van der Waals surface area contributed by atoms with Crippen LogP contribution in [-0.4, -0.2) is 35.0 Å². The Kier molecular flexibility index (Phi) is 3.63. The van der Waals surface area contributed by atoms with Crippen LogP contribution in [0, 0.1) is 25.2 Å².